The number of nitrogens with zero attached hydrogens (tertiary/aromatic N) is 2. The second kappa shape index (κ2) is 8.99. The lowest BCUT2D eigenvalue weighted by atomic mass is 10.1. The third-order valence-corrected chi connectivity index (χ3v) is 5.15. The Hall–Kier alpha value is -4.40. The number of nitrogens with one attached hydrogen (secondary N) is 1. The zero-order valence-corrected chi connectivity index (χ0v) is 18.0. The summed E-state index contributed by atoms with van der Waals surface area (Å²) < 4.78 is 12.0. The highest BCUT2D eigenvalue weighted by Gasteiger charge is 2.38. The van der Waals surface area contributed by atoms with Gasteiger partial charge in [-0.1, -0.05) is 30.3 Å². The Balaban J connectivity index is 1.79. The fourth-order valence-electron chi connectivity index (χ4n) is 3.68. The first kappa shape index (κ1) is 21.8. The molecule has 1 saturated heterocycles. The molecule has 0 saturated carbocycles. The van der Waals surface area contributed by atoms with Crippen LogP contribution in [0.5, 0.6) is 5.75 Å². The van der Waals surface area contributed by atoms with E-state index in [4.69, 9.17) is 9.47 Å². The molecule has 1 aliphatic rings. The van der Waals surface area contributed by atoms with Gasteiger partial charge < -0.3 is 14.0 Å². The maximum absolute atomic E-state index is 13.3. The standard InChI is InChI=1S/C24H21N3O6/c1-3-33-20-11-7-6-10-19(20)27-23(30)17(22(29)25-24(27)31)12-15-13-26(14-21(28)32-2)18-9-5-4-8-16(15)18/h4-13H,3,14H2,1-2H3,(H,25,29,31)/b17-12+. The van der Waals surface area contributed by atoms with E-state index in [1.807, 2.05) is 24.3 Å². The predicted octanol–water partition coefficient (Wildman–Crippen LogP) is 2.88. The van der Waals surface area contributed by atoms with E-state index < -0.39 is 23.8 Å². The van der Waals surface area contributed by atoms with Crippen LogP contribution >= 0.6 is 0 Å². The van der Waals surface area contributed by atoms with Gasteiger partial charge in [-0.15, -0.1) is 0 Å². The first-order chi connectivity index (χ1) is 15.9. The normalized spacial score (nSPS) is 15.2. The van der Waals surface area contributed by atoms with Gasteiger partial charge in [-0.3, -0.25) is 19.7 Å². The summed E-state index contributed by atoms with van der Waals surface area (Å²) in [6.07, 6.45) is 3.07. The first-order valence-electron chi connectivity index (χ1n) is 10.2. The van der Waals surface area contributed by atoms with Crippen molar-refractivity contribution in [1.29, 1.82) is 0 Å². The van der Waals surface area contributed by atoms with E-state index >= 15 is 0 Å². The number of anilines is 1. The average molecular weight is 447 g/mol. The van der Waals surface area contributed by atoms with E-state index in [1.165, 1.54) is 13.2 Å². The van der Waals surface area contributed by atoms with Crippen molar-refractivity contribution >= 4 is 46.5 Å². The van der Waals surface area contributed by atoms with Gasteiger partial charge in [0, 0.05) is 22.7 Å². The van der Waals surface area contributed by atoms with E-state index in [0.717, 1.165) is 15.8 Å². The quantitative estimate of drug-likeness (QED) is 0.354. The van der Waals surface area contributed by atoms with Crippen LogP contribution < -0.4 is 15.0 Å². The number of esters is 1. The highest BCUT2D eigenvalue weighted by Crippen LogP contribution is 2.32. The number of hydrogen-bond donors (Lipinski definition) is 1. The molecule has 1 fully saturated rings. The maximum Gasteiger partial charge on any atom is 0.336 e. The van der Waals surface area contributed by atoms with E-state index in [9.17, 15) is 19.2 Å². The molecule has 0 spiro atoms. The SMILES string of the molecule is CCOc1ccccc1N1C(=O)NC(=O)/C(=C\c2cn(CC(=O)OC)c3ccccc23)C1=O. The van der Waals surface area contributed by atoms with Crippen molar-refractivity contribution in [2.24, 2.45) is 0 Å². The molecule has 33 heavy (non-hydrogen) atoms. The lowest BCUT2D eigenvalue weighted by Gasteiger charge is -2.27. The minimum absolute atomic E-state index is 0.0350. The number of carbonyl (C=O) groups excluding carboxylic acids is 4. The van der Waals surface area contributed by atoms with Gasteiger partial charge in [0.05, 0.1) is 19.4 Å². The van der Waals surface area contributed by atoms with Crippen LogP contribution in [-0.2, 0) is 25.7 Å². The average Bonchev–Trinajstić information content (AvgIpc) is 3.15. The summed E-state index contributed by atoms with van der Waals surface area (Å²) in [6.45, 7) is 2.09. The van der Waals surface area contributed by atoms with Gasteiger partial charge in [-0.05, 0) is 31.2 Å². The minimum Gasteiger partial charge on any atom is -0.492 e. The molecule has 1 N–H and O–H groups in total. The third kappa shape index (κ3) is 4.08. The first-order valence-corrected chi connectivity index (χ1v) is 10.2. The fraction of sp³-hybridized carbons (Fsp3) is 0.167. The van der Waals surface area contributed by atoms with E-state index in [0.29, 0.717) is 17.9 Å². The monoisotopic (exact) mass is 447 g/mol. The van der Waals surface area contributed by atoms with Crippen LogP contribution in [0.1, 0.15) is 12.5 Å². The molecule has 0 bridgehead atoms. The molecular formula is C24H21N3O6. The number of ether oxygens (including phenoxy) is 2. The molecule has 1 aliphatic heterocycles. The van der Waals surface area contributed by atoms with Crippen molar-refractivity contribution < 1.29 is 28.7 Å². The van der Waals surface area contributed by atoms with Crippen LogP contribution in [0, 0.1) is 0 Å². The number of methoxy groups -OCH3 is 1. The number of aromatic nitrogens is 1. The van der Waals surface area contributed by atoms with Crippen molar-refractivity contribution in [3.05, 3.63) is 65.9 Å². The molecule has 9 heteroatoms. The van der Waals surface area contributed by atoms with Gasteiger partial charge in [-0.25, -0.2) is 9.69 Å². The van der Waals surface area contributed by atoms with Gasteiger partial charge in [0.2, 0.25) is 0 Å². The summed E-state index contributed by atoms with van der Waals surface area (Å²) in [6, 6.07) is 13.0. The molecule has 0 atom stereocenters. The number of imide groups is 2. The molecule has 9 nitrogen and oxygen atoms in total. The van der Waals surface area contributed by atoms with Gasteiger partial charge in [0.25, 0.3) is 11.8 Å². The highest BCUT2D eigenvalue weighted by molar-refractivity contribution is 6.39. The zero-order chi connectivity index (χ0) is 23.5. The molecule has 4 amide bonds. The Morgan fingerprint density at radius 2 is 1.79 bits per heavy atom. The summed E-state index contributed by atoms with van der Waals surface area (Å²) in [7, 11) is 1.30. The summed E-state index contributed by atoms with van der Waals surface area (Å²) in [4.78, 5) is 51.2. The van der Waals surface area contributed by atoms with Crippen molar-refractivity contribution in [2.45, 2.75) is 13.5 Å². The molecule has 0 aliphatic carbocycles. The Labute approximate surface area is 189 Å². The van der Waals surface area contributed by atoms with Crippen LogP contribution in [-0.4, -0.2) is 42.1 Å². The number of rotatable bonds is 6. The topological polar surface area (TPSA) is 107 Å². The summed E-state index contributed by atoms with van der Waals surface area (Å²) in [5, 5.41) is 2.95. The van der Waals surface area contributed by atoms with E-state index in [-0.39, 0.29) is 17.8 Å². The molecule has 3 aromatic rings. The van der Waals surface area contributed by atoms with Gasteiger partial charge in [0.1, 0.15) is 17.9 Å². The van der Waals surface area contributed by atoms with Gasteiger partial charge in [-0.2, -0.15) is 0 Å². The fourth-order valence-corrected chi connectivity index (χ4v) is 3.68. The van der Waals surface area contributed by atoms with Crippen molar-refractivity contribution in [1.82, 2.24) is 9.88 Å². The second-order valence-corrected chi connectivity index (χ2v) is 7.16. The number of carbonyl (C=O) groups is 4. The Morgan fingerprint density at radius 3 is 2.55 bits per heavy atom. The van der Waals surface area contributed by atoms with Crippen LogP contribution in [0.25, 0.3) is 17.0 Å². The molecular weight excluding hydrogens is 426 g/mol. The number of urea groups is 1. The van der Waals surface area contributed by atoms with Crippen molar-refractivity contribution in [2.75, 3.05) is 18.6 Å². The largest absolute Gasteiger partial charge is 0.492 e. The Bertz CT molecular complexity index is 1310. The summed E-state index contributed by atoms with van der Waals surface area (Å²) in [5.74, 6) is -1.68. The smallest absolute Gasteiger partial charge is 0.336 e. The molecule has 1 aromatic heterocycles. The van der Waals surface area contributed by atoms with Crippen LogP contribution in [0.15, 0.2) is 60.3 Å². The van der Waals surface area contributed by atoms with Gasteiger partial charge >= 0.3 is 12.0 Å². The van der Waals surface area contributed by atoms with Crippen LogP contribution in [0.2, 0.25) is 0 Å². The van der Waals surface area contributed by atoms with E-state index in [1.54, 1.807) is 42.0 Å². The summed E-state index contributed by atoms with van der Waals surface area (Å²) in [5.41, 5.74) is 1.28. The molecule has 2 aromatic carbocycles. The third-order valence-electron chi connectivity index (χ3n) is 5.15. The van der Waals surface area contributed by atoms with Gasteiger partial charge in [0.15, 0.2) is 0 Å². The zero-order valence-electron chi connectivity index (χ0n) is 18.0. The number of hydrogen-bond acceptors (Lipinski definition) is 6. The second-order valence-electron chi connectivity index (χ2n) is 7.16. The lowest BCUT2D eigenvalue weighted by molar-refractivity contribution is -0.141. The van der Waals surface area contributed by atoms with Crippen molar-refractivity contribution in [3.8, 4) is 5.75 Å². The van der Waals surface area contributed by atoms with Crippen LogP contribution in [0.3, 0.4) is 0 Å². The molecule has 2 heterocycles. The number of barbiturate groups is 1. The summed E-state index contributed by atoms with van der Waals surface area (Å²) >= 11 is 0. The molecule has 168 valence electrons. The van der Waals surface area contributed by atoms with E-state index in [2.05, 4.69) is 5.32 Å². The Kier molecular flexibility index (Phi) is 5.95. The molecule has 0 radical (unpaired) electrons. The predicted molar refractivity (Wildman–Crippen MR) is 121 cm³/mol. The number of fused-ring (bicyclic) bond motifs is 1. The number of benzene rings is 2. The molecule has 0 unspecified atom stereocenters. The number of amides is 4. The van der Waals surface area contributed by atoms with Crippen LogP contribution in [0.4, 0.5) is 10.5 Å². The number of para-hydroxylation sites is 3. The molecule has 4 rings (SSSR count). The lowest BCUT2D eigenvalue weighted by Crippen LogP contribution is -2.54. The van der Waals surface area contributed by atoms with Crippen molar-refractivity contribution in [3.63, 3.8) is 0 Å². The minimum atomic E-state index is -0.859. The maximum atomic E-state index is 13.3. The highest BCUT2D eigenvalue weighted by atomic mass is 16.5. The Morgan fingerprint density at radius 1 is 1.06 bits per heavy atom.